The predicted molar refractivity (Wildman–Crippen MR) is 116 cm³/mol. The van der Waals surface area contributed by atoms with Gasteiger partial charge in [0.25, 0.3) is 0 Å². The summed E-state index contributed by atoms with van der Waals surface area (Å²) in [5.41, 5.74) is 4.28. The minimum Gasteiger partial charge on any atom is -0.507 e. The van der Waals surface area contributed by atoms with E-state index in [1.807, 2.05) is 23.1 Å². The number of rotatable bonds is 5. The zero-order valence-corrected chi connectivity index (χ0v) is 17.2. The molecule has 0 fully saturated rings. The third-order valence-electron chi connectivity index (χ3n) is 4.98. The van der Waals surface area contributed by atoms with Gasteiger partial charge < -0.3 is 10.0 Å². The number of amidine groups is 1. The van der Waals surface area contributed by atoms with Gasteiger partial charge in [-0.25, -0.2) is 9.38 Å². The van der Waals surface area contributed by atoms with Gasteiger partial charge in [-0.1, -0.05) is 44.7 Å². The number of nitrogens with zero attached hydrogens (tertiary/aromatic N) is 3. The van der Waals surface area contributed by atoms with Crippen LogP contribution >= 0.6 is 11.5 Å². The number of hydrogen-bond donors (Lipinski definition) is 1. The normalized spacial score (nSPS) is 13.6. The fourth-order valence-corrected chi connectivity index (χ4v) is 4.42. The van der Waals surface area contributed by atoms with Crippen molar-refractivity contribution in [2.45, 2.75) is 26.2 Å². The van der Waals surface area contributed by atoms with Gasteiger partial charge in [0.1, 0.15) is 22.4 Å². The van der Waals surface area contributed by atoms with E-state index in [0.717, 1.165) is 27.5 Å². The highest BCUT2D eigenvalue weighted by atomic mass is 32.1. The molecule has 0 saturated carbocycles. The Morgan fingerprint density at radius 2 is 1.97 bits per heavy atom. The maximum absolute atomic E-state index is 13.6. The van der Waals surface area contributed by atoms with E-state index in [1.54, 1.807) is 24.3 Å². The van der Waals surface area contributed by atoms with Gasteiger partial charge in [0.15, 0.2) is 0 Å². The molecule has 3 aromatic rings. The van der Waals surface area contributed by atoms with Crippen molar-refractivity contribution in [2.24, 2.45) is 4.99 Å². The molecule has 0 bridgehead atoms. The smallest absolute Gasteiger partial charge is 0.148 e. The van der Waals surface area contributed by atoms with Gasteiger partial charge in [-0.15, -0.1) is 0 Å². The van der Waals surface area contributed by atoms with E-state index in [9.17, 15) is 9.50 Å². The highest BCUT2D eigenvalue weighted by molar-refractivity contribution is 7.10. The van der Waals surface area contributed by atoms with E-state index in [-0.39, 0.29) is 17.5 Å². The van der Waals surface area contributed by atoms with Gasteiger partial charge in [-0.05, 0) is 53.7 Å². The van der Waals surface area contributed by atoms with Crippen LogP contribution in [0.3, 0.4) is 0 Å². The number of hydrogen-bond acceptors (Lipinski definition) is 5. The third-order valence-corrected chi connectivity index (χ3v) is 5.74. The molecule has 0 saturated heterocycles. The second-order valence-electron chi connectivity index (χ2n) is 7.33. The maximum atomic E-state index is 13.6. The van der Waals surface area contributed by atoms with Crippen molar-refractivity contribution in [2.75, 3.05) is 6.54 Å². The van der Waals surface area contributed by atoms with Crippen LogP contribution in [0.1, 0.15) is 42.1 Å². The zero-order chi connectivity index (χ0) is 20.5. The molecule has 4 rings (SSSR count). The van der Waals surface area contributed by atoms with Crippen molar-refractivity contribution < 1.29 is 9.50 Å². The number of benzene rings is 2. The van der Waals surface area contributed by atoms with E-state index >= 15 is 0 Å². The molecule has 0 amide bonds. The number of phenolic OH excluding ortho intramolecular Hbond substituents is 1. The molecule has 0 spiro atoms. The Hall–Kier alpha value is -2.99. The van der Waals surface area contributed by atoms with E-state index in [2.05, 4.69) is 24.8 Å². The molecule has 0 aliphatic carbocycles. The Morgan fingerprint density at radius 3 is 2.69 bits per heavy atom. The molecule has 0 radical (unpaired) electrons. The first-order valence-corrected chi connectivity index (χ1v) is 10.3. The summed E-state index contributed by atoms with van der Waals surface area (Å²) in [5.74, 6) is 0.794. The minimum absolute atomic E-state index is 0.159. The number of aromatic nitrogens is 1. The molecular weight excluding hydrogens is 385 g/mol. The van der Waals surface area contributed by atoms with Crippen LogP contribution in [0.25, 0.3) is 5.70 Å². The second kappa shape index (κ2) is 7.79. The molecule has 29 heavy (non-hydrogen) atoms. The summed E-state index contributed by atoms with van der Waals surface area (Å²) < 4.78 is 18.2. The first-order valence-electron chi connectivity index (χ1n) is 9.53. The molecule has 2 aromatic carbocycles. The van der Waals surface area contributed by atoms with Crippen LogP contribution in [0, 0.1) is 5.82 Å². The van der Waals surface area contributed by atoms with Gasteiger partial charge in [0.05, 0.1) is 16.8 Å². The molecule has 148 valence electrons. The van der Waals surface area contributed by atoms with Crippen molar-refractivity contribution >= 4 is 28.1 Å². The first-order chi connectivity index (χ1) is 14.0. The molecule has 1 N–H and O–H groups in total. The van der Waals surface area contributed by atoms with Crippen LogP contribution < -0.4 is 0 Å². The SMILES string of the molecule is C=C1c2c(C(C)C)nsc2N=C(c2ccccc2O)N1CCc1cccc(F)c1. The largest absolute Gasteiger partial charge is 0.507 e. The molecule has 1 aliphatic rings. The maximum Gasteiger partial charge on any atom is 0.148 e. The van der Waals surface area contributed by atoms with Crippen molar-refractivity contribution in [3.63, 3.8) is 0 Å². The predicted octanol–water partition coefficient (Wildman–Crippen LogP) is 5.72. The number of aromatic hydroxyl groups is 1. The van der Waals surface area contributed by atoms with E-state index in [0.29, 0.717) is 24.4 Å². The Balaban J connectivity index is 1.76. The number of aliphatic imine (C=N–C) groups is 1. The Bertz CT molecular complexity index is 1100. The van der Waals surface area contributed by atoms with Crippen molar-refractivity contribution in [1.29, 1.82) is 0 Å². The van der Waals surface area contributed by atoms with Crippen molar-refractivity contribution in [3.8, 4) is 5.75 Å². The lowest BCUT2D eigenvalue weighted by molar-refractivity contribution is 0.471. The fourth-order valence-electron chi connectivity index (χ4n) is 3.50. The number of halogens is 1. The highest BCUT2D eigenvalue weighted by Gasteiger charge is 2.30. The molecular formula is C23H22FN3OS. The molecule has 1 aromatic heterocycles. The van der Waals surface area contributed by atoms with Crippen molar-refractivity contribution in [1.82, 2.24) is 9.27 Å². The summed E-state index contributed by atoms with van der Waals surface area (Å²) in [4.78, 5) is 6.85. The molecule has 2 heterocycles. The topological polar surface area (TPSA) is 48.7 Å². The number of fused-ring (bicyclic) bond motifs is 1. The highest BCUT2D eigenvalue weighted by Crippen LogP contribution is 2.42. The standard InChI is InChI=1S/C23H22FN3OS/c1-14(2)21-20-15(3)27(12-11-16-7-6-8-17(24)13-16)22(25-23(20)29-26-21)18-9-4-5-10-19(18)28/h4-10,13-14,28H,3,11-12H2,1-2H3. The summed E-state index contributed by atoms with van der Waals surface area (Å²) in [6, 6.07) is 13.7. The minimum atomic E-state index is -0.249. The average molecular weight is 408 g/mol. The van der Waals surface area contributed by atoms with Gasteiger partial charge in [-0.2, -0.15) is 4.37 Å². The van der Waals surface area contributed by atoms with Crippen LogP contribution in [-0.2, 0) is 6.42 Å². The molecule has 0 atom stereocenters. The van der Waals surface area contributed by atoms with Gasteiger partial charge >= 0.3 is 0 Å². The van der Waals surface area contributed by atoms with Gasteiger partial charge in [0, 0.05) is 12.2 Å². The van der Waals surface area contributed by atoms with E-state index < -0.39 is 0 Å². The Morgan fingerprint density at radius 1 is 1.17 bits per heavy atom. The molecule has 4 nitrogen and oxygen atoms in total. The van der Waals surface area contributed by atoms with Crippen LogP contribution in [-0.4, -0.2) is 26.8 Å². The Kier molecular flexibility index (Phi) is 5.20. The Labute approximate surface area is 173 Å². The van der Waals surface area contributed by atoms with Crippen LogP contribution in [0.4, 0.5) is 9.39 Å². The molecule has 0 unspecified atom stereocenters. The van der Waals surface area contributed by atoms with Crippen LogP contribution in [0.2, 0.25) is 0 Å². The van der Waals surface area contributed by atoms with Gasteiger partial charge in [-0.3, -0.25) is 0 Å². The summed E-state index contributed by atoms with van der Waals surface area (Å²) in [6.45, 7) is 9.10. The summed E-state index contributed by atoms with van der Waals surface area (Å²) in [7, 11) is 0. The zero-order valence-electron chi connectivity index (χ0n) is 16.4. The van der Waals surface area contributed by atoms with Crippen LogP contribution in [0.5, 0.6) is 5.75 Å². The van der Waals surface area contributed by atoms with E-state index in [1.165, 1.54) is 17.6 Å². The third kappa shape index (κ3) is 3.68. The van der Waals surface area contributed by atoms with Gasteiger partial charge in [0.2, 0.25) is 0 Å². The average Bonchev–Trinajstić information content (AvgIpc) is 3.12. The fraction of sp³-hybridized carbons (Fsp3) is 0.217. The molecule has 6 heteroatoms. The first kappa shape index (κ1) is 19.3. The quantitative estimate of drug-likeness (QED) is 0.589. The summed E-state index contributed by atoms with van der Waals surface area (Å²) in [5, 5.41) is 11.2. The number of phenols is 1. The number of para-hydroxylation sites is 1. The van der Waals surface area contributed by atoms with E-state index in [4.69, 9.17) is 4.99 Å². The summed E-state index contributed by atoms with van der Waals surface area (Å²) in [6.07, 6.45) is 0.618. The summed E-state index contributed by atoms with van der Waals surface area (Å²) >= 11 is 1.35. The second-order valence-corrected chi connectivity index (χ2v) is 8.09. The van der Waals surface area contributed by atoms with Crippen molar-refractivity contribution in [3.05, 3.63) is 83.3 Å². The lowest BCUT2D eigenvalue weighted by atomic mass is 10.00. The van der Waals surface area contributed by atoms with Crippen LogP contribution in [0.15, 0.2) is 60.1 Å². The lowest BCUT2D eigenvalue weighted by Crippen LogP contribution is -2.34. The lowest BCUT2D eigenvalue weighted by Gasteiger charge is -2.32. The molecule has 1 aliphatic heterocycles. The monoisotopic (exact) mass is 407 g/mol.